The van der Waals surface area contributed by atoms with Gasteiger partial charge in [0.2, 0.25) is 0 Å². The molecule has 0 aliphatic carbocycles. The fourth-order valence-electron chi connectivity index (χ4n) is 4.09. The van der Waals surface area contributed by atoms with Crippen molar-refractivity contribution in [2.45, 2.75) is 20.5 Å². The van der Waals surface area contributed by atoms with Crippen LogP contribution >= 0.6 is 11.6 Å². The van der Waals surface area contributed by atoms with E-state index in [4.69, 9.17) is 25.8 Å². The maximum Gasteiger partial charge on any atom is 0.185 e. The second kappa shape index (κ2) is 11.4. The molecule has 1 heterocycles. The topological polar surface area (TPSA) is 48.0 Å². The molecule has 0 spiro atoms. The largest absolute Gasteiger partial charge is 0.496 e. The molecule has 35 heavy (non-hydrogen) atoms. The highest BCUT2D eigenvalue weighted by atomic mass is 35.5. The number of nitrogens with zero attached hydrogens (tertiary/aromatic N) is 1. The minimum Gasteiger partial charge on any atom is -0.496 e. The van der Waals surface area contributed by atoms with Crippen LogP contribution in [-0.4, -0.2) is 39.2 Å². The summed E-state index contributed by atoms with van der Waals surface area (Å²) in [5, 5.41) is 0.752. The standard InChI is InChI=1S/C29H30ClNO4/c1-20-16-26(17-21(2)29(20)30)35-19-24-18-22(5-11-28(24)33-3)4-10-27(32)23-6-8-25(9-7-23)31-12-14-34-15-13-31/h4-11,16-18H,12-15,19H2,1-3H3/b10-4+. The summed E-state index contributed by atoms with van der Waals surface area (Å²) in [6, 6.07) is 17.4. The van der Waals surface area contributed by atoms with Crippen LogP contribution in [-0.2, 0) is 11.3 Å². The number of anilines is 1. The zero-order valence-electron chi connectivity index (χ0n) is 20.3. The van der Waals surface area contributed by atoms with Crippen LogP contribution in [0, 0.1) is 13.8 Å². The van der Waals surface area contributed by atoms with E-state index in [1.54, 1.807) is 13.2 Å². The Balaban J connectivity index is 1.43. The lowest BCUT2D eigenvalue weighted by Gasteiger charge is -2.28. The predicted molar refractivity (Wildman–Crippen MR) is 141 cm³/mol. The van der Waals surface area contributed by atoms with Crippen LogP contribution in [0.15, 0.2) is 60.7 Å². The Kier molecular flexibility index (Phi) is 8.11. The summed E-state index contributed by atoms with van der Waals surface area (Å²) in [5.41, 5.74) is 5.50. The van der Waals surface area contributed by atoms with Crippen LogP contribution in [0.2, 0.25) is 5.02 Å². The Labute approximate surface area is 211 Å². The zero-order chi connectivity index (χ0) is 24.8. The highest BCUT2D eigenvalue weighted by Gasteiger charge is 2.12. The number of hydrogen-bond acceptors (Lipinski definition) is 5. The number of ether oxygens (including phenoxy) is 3. The maximum atomic E-state index is 12.7. The number of morpholine rings is 1. The Hall–Kier alpha value is -3.28. The van der Waals surface area contributed by atoms with Gasteiger partial charge in [-0.3, -0.25) is 4.79 Å². The fourth-order valence-corrected chi connectivity index (χ4v) is 4.20. The summed E-state index contributed by atoms with van der Waals surface area (Å²) in [4.78, 5) is 15.0. The van der Waals surface area contributed by atoms with Gasteiger partial charge >= 0.3 is 0 Å². The lowest BCUT2D eigenvalue weighted by molar-refractivity contribution is 0.104. The second-order valence-corrected chi connectivity index (χ2v) is 8.95. The minimum absolute atomic E-state index is 0.0424. The number of carbonyl (C=O) groups is 1. The highest BCUT2D eigenvalue weighted by molar-refractivity contribution is 6.32. The van der Waals surface area contributed by atoms with Crippen molar-refractivity contribution in [3.63, 3.8) is 0 Å². The Morgan fingerprint density at radius 1 is 1.03 bits per heavy atom. The molecule has 0 saturated carbocycles. The van der Waals surface area contributed by atoms with Crippen molar-refractivity contribution in [3.8, 4) is 11.5 Å². The number of hydrogen-bond donors (Lipinski definition) is 0. The van der Waals surface area contributed by atoms with Crippen LogP contribution in [0.25, 0.3) is 6.08 Å². The molecule has 0 radical (unpaired) electrons. The summed E-state index contributed by atoms with van der Waals surface area (Å²) in [5.74, 6) is 1.44. The number of allylic oxidation sites excluding steroid dienone is 1. The molecule has 1 aliphatic rings. The van der Waals surface area contributed by atoms with Gasteiger partial charge < -0.3 is 19.1 Å². The van der Waals surface area contributed by atoms with Crippen LogP contribution < -0.4 is 14.4 Å². The highest BCUT2D eigenvalue weighted by Crippen LogP contribution is 2.28. The van der Waals surface area contributed by atoms with Gasteiger partial charge in [0.1, 0.15) is 18.1 Å². The van der Waals surface area contributed by atoms with E-state index in [1.165, 1.54) is 0 Å². The summed E-state index contributed by atoms with van der Waals surface area (Å²) in [6.45, 7) is 7.46. The molecular weight excluding hydrogens is 462 g/mol. The third-order valence-corrected chi connectivity index (χ3v) is 6.66. The summed E-state index contributed by atoms with van der Waals surface area (Å²) < 4.78 is 16.9. The van der Waals surface area contributed by atoms with Crippen molar-refractivity contribution >= 4 is 29.1 Å². The van der Waals surface area contributed by atoms with Gasteiger partial charge in [0, 0.05) is 34.9 Å². The third-order valence-electron chi connectivity index (χ3n) is 6.06. The normalized spacial score (nSPS) is 13.8. The van der Waals surface area contributed by atoms with Gasteiger partial charge in [-0.25, -0.2) is 0 Å². The number of methoxy groups -OCH3 is 1. The zero-order valence-corrected chi connectivity index (χ0v) is 21.1. The lowest BCUT2D eigenvalue weighted by atomic mass is 10.1. The van der Waals surface area contributed by atoms with E-state index in [0.29, 0.717) is 12.2 Å². The first-order valence-corrected chi connectivity index (χ1v) is 12.0. The molecule has 1 fully saturated rings. The Morgan fingerprint density at radius 2 is 1.71 bits per heavy atom. The van der Waals surface area contributed by atoms with Crippen molar-refractivity contribution in [1.29, 1.82) is 0 Å². The van der Waals surface area contributed by atoms with E-state index in [0.717, 1.165) is 70.8 Å². The van der Waals surface area contributed by atoms with E-state index < -0.39 is 0 Å². The lowest BCUT2D eigenvalue weighted by Crippen LogP contribution is -2.36. The Morgan fingerprint density at radius 3 is 2.37 bits per heavy atom. The molecule has 0 unspecified atom stereocenters. The van der Waals surface area contributed by atoms with Crippen LogP contribution in [0.5, 0.6) is 11.5 Å². The van der Waals surface area contributed by atoms with Gasteiger partial charge in [0.25, 0.3) is 0 Å². The first kappa shape index (κ1) is 24.8. The molecule has 0 aromatic heterocycles. The van der Waals surface area contributed by atoms with E-state index in [9.17, 15) is 4.79 Å². The van der Waals surface area contributed by atoms with Crippen LogP contribution in [0.3, 0.4) is 0 Å². The quantitative estimate of drug-likeness (QED) is 0.274. The van der Waals surface area contributed by atoms with Crippen molar-refractivity contribution < 1.29 is 19.0 Å². The van der Waals surface area contributed by atoms with E-state index >= 15 is 0 Å². The van der Waals surface area contributed by atoms with Gasteiger partial charge in [-0.1, -0.05) is 23.7 Å². The minimum atomic E-state index is -0.0424. The summed E-state index contributed by atoms with van der Waals surface area (Å²) in [6.07, 6.45) is 3.42. The number of ketones is 1. The molecule has 4 rings (SSSR count). The first-order valence-electron chi connectivity index (χ1n) is 11.7. The van der Waals surface area contributed by atoms with Crippen molar-refractivity contribution in [2.24, 2.45) is 0 Å². The summed E-state index contributed by atoms with van der Waals surface area (Å²) in [7, 11) is 1.63. The molecule has 3 aromatic carbocycles. The van der Waals surface area contributed by atoms with Crippen LogP contribution in [0.1, 0.15) is 32.6 Å². The molecule has 5 nitrogen and oxygen atoms in total. The van der Waals surface area contributed by atoms with Gasteiger partial charge in [0.15, 0.2) is 5.78 Å². The molecule has 0 amide bonds. The van der Waals surface area contributed by atoms with Gasteiger partial charge in [-0.15, -0.1) is 0 Å². The average Bonchev–Trinajstić information content (AvgIpc) is 2.89. The van der Waals surface area contributed by atoms with Gasteiger partial charge in [-0.2, -0.15) is 0 Å². The number of carbonyl (C=O) groups excluding carboxylic acids is 1. The number of benzene rings is 3. The summed E-state index contributed by atoms with van der Waals surface area (Å²) >= 11 is 6.27. The molecule has 3 aromatic rings. The molecule has 6 heteroatoms. The van der Waals surface area contributed by atoms with Crippen molar-refractivity contribution in [3.05, 3.63) is 93.5 Å². The van der Waals surface area contributed by atoms with Crippen molar-refractivity contribution in [1.82, 2.24) is 0 Å². The SMILES string of the molecule is COc1ccc(/C=C/C(=O)c2ccc(N3CCOCC3)cc2)cc1COc1cc(C)c(Cl)c(C)c1. The molecule has 0 N–H and O–H groups in total. The van der Waals surface area contributed by atoms with E-state index in [2.05, 4.69) is 4.90 Å². The average molecular weight is 492 g/mol. The molecule has 1 saturated heterocycles. The fraction of sp³-hybridized carbons (Fsp3) is 0.276. The monoisotopic (exact) mass is 491 g/mol. The number of aryl methyl sites for hydroxylation is 2. The van der Waals surface area contributed by atoms with Crippen molar-refractivity contribution in [2.75, 3.05) is 38.3 Å². The Bertz CT molecular complexity index is 1190. The molecule has 1 aliphatic heterocycles. The molecule has 182 valence electrons. The maximum absolute atomic E-state index is 12.7. The second-order valence-electron chi connectivity index (χ2n) is 8.57. The number of rotatable bonds is 8. The van der Waals surface area contributed by atoms with Crippen LogP contribution in [0.4, 0.5) is 5.69 Å². The first-order chi connectivity index (χ1) is 16.9. The van der Waals surface area contributed by atoms with Gasteiger partial charge in [-0.05, 0) is 85.1 Å². The number of halogens is 1. The molecular formula is C29H30ClNO4. The van der Waals surface area contributed by atoms with E-state index in [-0.39, 0.29) is 5.78 Å². The van der Waals surface area contributed by atoms with E-state index in [1.807, 2.05) is 74.5 Å². The molecule has 0 bridgehead atoms. The predicted octanol–water partition coefficient (Wildman–Crippen LogP) is 6.28. The molecule has 0 atom stereocenters. The third kappa shape index (κ3) is 6.24. The van der Waals surface area contributed by atoms with Gasteiger partial charge in [0.05, 0.1) is 20.3 Å². The smallest absolute Gasteiger partial charge is 0.185 e.